The van der Waals surface area contributed by atoms with Crippen molar-refractivity contribution in [2.45, 2.75) is 39.3 Å². The summed E-state index contributed by atoms with van der Waals surface area (Å²) in [6.45, 7) is 8.34. The van der Waals surface area contributed by atoms with Crippen molar-refractivity contribution in [2.24, 2.45) is 7.05 Å². The number of fused-ring (bicyclic) bond motifs is 1. The smallest absolute Gasteiger partial charge is 0.216 e. The van der Waals surface area contributed by atoms with Gasteiger partial charge in [0.05, 0.1) is 18.4 Å². The molecule has 0 amide bonds. The number of benzene rings is 1. The summed E-state index contributed by atoms with van der Waals surface area (Å²) in [4.78, 5) is 0. The summed E-state index contributed by atoms with van der Waals surface area (Å²) in [5.74, 6) is 2.79. The summed E-state index contributed by atoms with van der Waals surface area (Å²) < 4.78 is 18.6. The third-order valence-electron chi connectivity index (χ3n) is 4.51. The van der Waals surface area contributed by atoms with Crippen LogP contribution >= 0.6 is 0 Å². The first-order valence-electron chi connectivity index (χ1n) is 8.74. The molecule has 3 rings (SSSR count). The number of hydrogen-bond donors (Lipinski definition) is 1. The SMILES string of the molecule is COc1c(CN[C@@H](C)c2ccc3c(c2)OCCO3)c(C(C)C)nn1C. The maximum Gasteiger partial charge on any atom is 0.216 e. The van der Waals surface area contributed by atoms with Gasteiger partial charge >= 0.3 is 0 Å². The lowest BCUT2D eigenvalue weighted by molar-refractivity contribution is 0.171. The van der Waals surface area contributed by atoms with Crippen molar-refractivity contribution in [2.75, 3.05) is 20.3 Å². The van der Waals surface area contributed by atoms with Crippen molar-refractivity contribution < 1.29 is 14.2 Å². The van der Waals surface area contributed by atoms with E-state index in [2.05, 4.69) is 43.3 Å². The molecule has 1 aliphatic rings. The van der Waals surface area contributed by atoms with E-state index in [9.17, 15) is 0 Å². The monoisotopic (exact) mass is 345 g/mol. The van der Waals surface area contributed by atoms with Crippen molar-refractivity contribution in [3.63, 3.8) is 0 Å². The normalized spacial score (nSPS) is 14.6. The Bertz CT molecular complexity index is 740. The molecule has 1 aromatic heterocycles. The number of aromatic nitrogens is 2. The predicted molar refractivity (Wildman–Crippen MR) is 96.5 cm³/mol. The minimum atomic E-state index is 0.167. The highest BCUT2D eigenvalue weighted by Crippen LogP contribution is 2.33. The van der Waals surface area contributed by atoms with E-state index in [1.807, 2.05) is 13.1 Å². The molecule has 6 heteroatoms. The van der Waals surface area contributed by atoms with Gasteiger partial charge in [-0.2, -0.15) is 5.10 Å². The molecule has 0 saturated heterocycles. The van der Waals surface area contributed by atoms with E-state index in [4.69, 9.17) is 14.2 Å². The van der Waals surface area contributed by atoms with E-state index >= 15 is 0 Å². The fourth-order valence-electron chi connectivity index (χ4n) is 3.16. The summed E-state index contributed by atoms with van der Waals surface area (Å²) in [7, 11) is 3.60. The summed E-state index contributed by atoms with van der Waals surface area (Å²) in [6, 6.07) is 6.28. The average Bonchev–Trinajstić information content (AvgIpc) is 2.95. The van der Waals surface area contributed by atoms with Gasteiger partial charge < -0.3 is 19.5 Å². The van der Waals surface area contributed by atoms with E-state index in [0.717, 1.165) is 28.6 Å². The molecule has 0 bridgehead atoms. The number of ether oxygens (including phenoxy) is 3. The molecule has 1 atom stereocenters. The Kier molecular flexibility index (Phi) is 5.18. The van der Waals surface area contributed by atoms with Crippen molar-refractivity contribution >= 4 is 0 Å². The first-order chi connectivity index (χ1) is 12.0. The molecule has 136 valence electrons. The van der Waals surface area contributed by atoms with Crippen LogP contribution in [0.1, 0.15) is 49.6 Å². The predicted octanol–water partition coefficient (Wildman–Crippen LogP) is 3.17. The number of nitrogens with one attached hydrogen (secondary N) is 1. The Morgan fingerprint density at radius 1 is 1.20 bits per heavy atom. The van der Waals surface area contributed by atoms with Crippen LogP contribution in [0.25, 0.3) is 0 Å². The van der Waals surface area contributed by atoms with Gasteiger partial charge in [0.2, 0.25) is 5.88 Å². The van der Waals surface area contributed by atoms with Gasteiger partial charge in [-0.25, -0.2) is 4.68 Å². The Balaban J connectivity index is 1.75. The highest BCUT2D eigenvalue weighted by atomic mass is 16.6. The Hall–Kier alpha value is -2.21. The second-order valence-electron chi connectivity index (χ2n) is 6.66. The second kappa shape index (κ2) is 7.35. The maximum atomic E-state index is 5.68. The summed E-state index contributed by atoms with van der Waals surface area (Å²) in [5, 5.41) is 8.18. The fraction of sp³-hybridized carbons (Fsp3) is 0.526. The molecule has 2 heterocycles. The molecule has 2 aromatic rings. The second-order valence-corrected chi connectivity index (χ2v) is 6.66. The summed E-state index contributed by atoms with van der Waals surface area (Å²) in [5.41, 5.74) is 3.35. The van der Waals surface area contributed by atoms with E-state index in [1.54, 1.807) is 11.8 Å². The van der Waals surface area contributed by atoms with Crippen molar-refractivity contribution in [3.8, 4) is 17.4 Å². The van der Waals surface area contributed by atoms with Crippen LogP contribution < -0.4 is 19.5 Å². The number of nitrogens with zero attached hydrogens (tertiary/aromatic N) is 2. The van der Waals surface area contributed by atoms with Crippen molar-refractivity contribution in [1.82, 2.24) is 15.1 Å². The van der Waals surface area contributed by atoms with Gasteiger partial charge in [-0.15, -0.1) is 0 Å². The fourth-order valence-corrected chi connectivity index (χ4v) is 3.16. The van der Waals surface area contributed by atoms with Gasteiger partial charge in [0, 0.05) is 19.6 Å². The quantitative estimate of drug-likeness (QED) is 0.871. The minimum absolute atomic E-state index is 0.167. The third kappa shape index (κ3) is 3.58. The molecule has 0 saturated carbocycles. The van der Waals surface area contributed by atoms with Crippen molar-refractivity contribution in [1.29, 1.82) is 0 Å². The molecule has 6 nitrogen and oxygen atoms in total. The lowest BCUT2D eigenvalue weighted by atomic mass is 10.0. The van der Waals surface area contributed by atoms with Crippen molar-refractivity contribution in [3.05, 3.63) is 35.0 Å². The molecular formula is C19H27N3O3. The lowest BCUT2D eigenvalue weighted by Crippen LogP contribution is -2.20. The zero-order chi connectivity index (χ0) is 18.0. The molecule has 0 aliphatic carbocycles. The third-order valence-corrected chi connectivity index (χ3v) is 4.51. The highest BCUT2D eigenvalue weighted by molar-refractivity contribution is 5.44. The first-order valence-corrected chi connectivity index (χ1v) is 8.74. The molecule has 0 spiro atoms. The standard InChI is InChI=1S/C19H27N3O3/c1-12(2)18-15(19(23-5)22(4)21-18)11-20-13(3)14-6-7-16-17(10-14)25-9-8-24-16/h6-7,10,12-13,20H,8-9,11H2,1-5H3/t13-/m0/s1. The molecule has 0 unspecified atom stereocenters. The number of methoxy groups -OCH3 is 1. The van der Waals surface area contributed by atoms with E-state index in [-0.39, 0.29) is 6.04 Å². The summed E-state index contributed by atoms with van der Waals surface area (Å²) >= 11 is 0. The van der Waals surface area contributed by atoms with Gasteiger partial charge in [0.25, 0.3) is 0 Å². The van der Waals surface area contributed by atoms with E-state index in [0.29, 0.717) is 25.7 Å². The van der Waals surface area contributed by atoms with Crippen LogP contribution in [-0.4, -0.2) is 30.1 Å². The largest absolute Gasteiger partial charge is 0.486 e. The molecule has 0 fully saturated rings. The molecule has 1 aromatic carbocycles. The van der Waals surface area contributed by atoms with Gasteiger partial charge in [-0.1, -0.05) is 19.9 Å². The molecule has 1 N–H and O–H groups in total. The zero-order valence-corrected chi connectivity index (χ0v) is 15.6. The van der Waals surface area contributed by atoms with Gasteiger partial charge in [0.1, 0.15) is 13.2 Å². The molecular weight excluding hydrogens is 318 g/mol. The zero-order valence-electron chi connectivity index (χ0n) is 15.6. The molecule has 0 radical (unpaired) electrons. The number of hydrogen-bond acceptors (Lipinski definition) is 5. The van der Waals surface area contributed by atoms with Crippen LogP contribution in [0.2, 0.25) is 0 Å². The topological polar surface area (TPSA) is 57.5 Å². The van der Waals surface area contributed by atoms with Crippen LogP contribution in [0, 0.1) is 0 Å². The van der Waals surface area contributed by atoms with Crippen LogP contribution in [0.15, 0.2) is 18.2 Å². The Morgan fingerprint density at radius 3 is 2.60 bits per heavy atom. The maximum absolute atomic E-state index is 5.68. The van der Waals surface area contributed by atoms with E-state index < -0.39 is 0 Å². The van der Waals surface area contributed by atoms with Gasteiger partial charge in [-0.3, -0.25) is 0 Å². The minimum Gasteiger partial charge on any atom is -0.486 e. The van der Waals surface area contributed by atoms with Gasteiger partial charge in [-0.05, 0) is 30.5 Å². The van der Waals surface area contributed by atoms with E-state index in [1.165, 1.54) is 5.56 Å². The van der Waals surface area contributed by atoms with Crippen LogP contribution in [-0.2, 0) is 13.6 Å². The van der Waals surface area contributed by atoms with Crippen LogP contribution in [0.4, 0.5) is 0 Å². The van der Waals surface area contributed by atoms with Crippen LogP contribution in [0.5, 0.6) is 17.4 Å². The molecule has 1 aliphatic heterocycles. The average molecular weight is 345 g/mol. The summed E-state index contributed by atoms with van der Waals surface area (Å²) in [6.07, 6.45) is 0. The van der Waals surface area contributed by atoms with Gasteiger partial charge in [0.15, 0.2) is 11.5 Å². The van der Waals surface area contributed by atoms with Crippen LogP contribution in [0.3, 0.4) is 0 Å². The number of aryl methyl sites for hydroxylation is 1. The number of rotatable bonds is 6. The Morgan fingerprint density at radius 2 is 1.92 bits per heavy atom. The highest BCUT2D eigenvalue weighted by Gasteiger charge is 2.20. The molecule has 25 heavy (non-hydrogen) atoms. The Labute approximate surface area is 149 Å². The lowest BCUT2D eigenvalue weighted by Gasteiger charge is -2.21. The first kappa shape index (κ1) is 17.6.